The highest BCUT2D eigenvalue weighted by Crippen LogP contribution is 2.32. The van der Waals surface area contributed by atoms with E-state index in [1.165, 1.54) is 18.4 Å². The fourth-order valence-electron chi connectivity index (χ4n) is 2.81. The first-order chi connectivity index (χ1) is 12.1. The molecule has 8 nitrogen and oxygen atoms in total. The molecule has 0 unspecified atom stereocenters. The van der Waals surface area contributed by atoms with E-state index in [4.69, 9.17) is 4.74 Å². The topological polar surface area (TPSA) is 99.0 Å². The Morgan fingerprint density at radius 1 is 1.32 bits per heavy atom. The fraction of sp³-hybridized carbons (Fsp3) is 0.312. The van der Waals surface area contributed by atoms with Crippen molar-refractivity contribution in [3.8, 4) is 0 Å². The minimum atomic E-state index is -0.429. The SMILES string of the molecule is Cn1nc(C(=O)Nc2nnc([C@@H]3CCCO3)s2)c2ccccc2c1=O. The summed E-state index contributed by atoms with van der Waals surface area (Å²) in [5.74, 6) is -0.429. The third-order valence-electron chi connectivity index (χ3n) is 4.04. The fourth-order valence-corrected chi connectivity index (χ4v) is 3.63. The monoisotopic (exact) mass is 357 g/mol. The molecule has 1 aliphatic rings. The molecule has 1 atom stereocenters. The van der Waals surface area contributed by atoms with Crippen molar-refractivity contribution in [2.75, 3.05) is 11.9 Å². The predicted octanol–water partition coefficient (Wildman–Crippen LogP) is 1.89. The molecule has 3 aromatic rings. The number of aryl methyl sites for hydroxylation is 1. The molecule has 9 heteroatoms. The Kier molecular flexibility index (Phi) is 4.02. The smallest absolute Gasteiger partial charge is 0.278 e. The van der Waals surface area contributed by atoms with Gasteiger partial charge in [0.25, 0.3) is 11.5 Å². The second kappa shape index (κ2) is 6.34. The van der Waals surface area contributed by atoms with Gasteiger partial charge in [-0.05, 0) is 18.9 Å². The second-order valence-corrected chi connectivity index (χ2v) is 6.73. The first-order valence-corrected chi connectivity index (χ1v) is 8.67. The zero-order chi connectivity index (χ0) is 17.4. The first-order valence-electron chi connectivity index (χ1n) is 7.86. The molecular formula is C16H15N5O3S. The Morgan fingerprint density at radius 3 is 2.88 bits per heavy atom. The normalized spacial score (nSPS) is 17.1. The lowest BCUT2D eigenvalue weighted by molar-refractivity contribution is 0.102. The minimum absolute atomic E-state index is 0.0420. The number of aromatic nitrogens is 4. The Bertz CT molecular complexity index is 1010. The van der Waals surface area contributed by atoms with Gasteiger partial charge in [-0.3, -0.25) is 14.9 Å². The first kappa shape index (κ1) is 15.9. The van der Waals surface area contributed by atoms with Gasteiger partial charge in [-0.1, -0.05) is 29.5 Å². The number of carbonyl (C=O) groups excluding carboxylic acids is 1. The molecule has 3 heterocycles. The number of nitrogens with one attached hydrogen (secondary N) is 1. The molecule has 1 aliphatic heterocycles. The summed E-state index contributed by atoms with van der Waals surface area (Å²) in [6, 6.07) is 6.90. The highest BCUT2D eigenvalue weighted by molar-refractivity contribution is 7.15. The van der Waals surface area contributed by atoms with Gasteiger partial charge in [-0.25, -0.2) is 4.68 Å². The summed E-state index contributed by atoms with van der Waals surface area (Å²) >= 11 is 1.29. The number of hydrogen-bond acceptors (Lipinski definition) is 7. The van der Waals surface area contributed by atoms with Crippen molar-refractivity contribution in [1.29, 1.82) is 0 Å². The zero-order valence-corrected chi connectivity index (χ0v) is 14.2. The Labute approximate surface area is 146 Å². The lowest BCUT2D eigenvalue weighted by atomic mass is 10.1. The molecule has 1 fully saturated rings. The van der Waals surface area contributed by atoms with Crippen molar-refractivity contribution in [2.24, 2.45) is 7.05 Å². The van der Waals surface area contributed by atoms with Crippen LogP contribution in [0.15, 0.2) is 29.1 Å². The van der Waals surface area contributed by atoms with Crippen molar-refractivity contribution in [1.82, 2.24) is 20.0 Å². The van der Waals surface area contributed by atoms with Crippen molar-refractivity contribution >= 4 is 33.1 Å². The summed E-state index contributed by atoms with van der Waals surface area (Å²) in [5, 5.41) is 17.0. The minimum Gasteiger partial charge on any atom is -0.371 e. The molecule has 1 amide bonds. The lowest BCUT2D eigenvalue weighted by Crippen LogP contribution is -2.25. The van der Waals surface area contributed by atoms with E-state index in [1.807, 2.05) is 0 Å². The van der Waals surface area contributed by atoms with Gasteiger partial charge >= 0.3 is 0 Å². The average Bonchev–Trinajstić information content (AvgIpc) is 3.29. The number of amides is 1. The number of ether oxygens (including phenoxy) is 1. The van der Waals surface area contributed by atoms with Gasteiger partial charge in [0.15, 0.2) is 5.69 Å². The van der Waals surface area contributed by atoms with Gasteiger partial charge < -0.3 is 4.74 Å². The van der Waals surface area contributed by atoms with E-state index in [0.29, 0.717) is 15.9 Å². The Balaban J connectivity index is 1.64. The summed E-state index contributed by atoms with van der Waals surface area (Å²) in [6.07, 6.45) is 1.87. The number of nitrogens with zero attached hydrogens (tertiary/aromatic N) is 4. The Morgan fingerprint density at radius 2 is 2.12 bits per heavy atom. The van der Waals surface area contributed by atoms with Crippen LogP contribution in [0.1, 0.15) is 34.4 Å². The van der Waals surface area contributed by atoms with Crippen molar-refractivity contribution in [3.05, 3.63) is 45.3 Å². The van der Waals surface area contributed by atoms with Crippen LogP contribution in [0.2, 0.25) is 0 Å². The molecule has 1 aromatic carbocycles. The van der Waals surface area contributed by atoms with Crippen LogP contribution in [-0.2, 0) is 11.8 Å². The molecule has 0 spiro atoms. The Hall–Kier alpha value is -2.65. The number of anilines is 1. The van der Waals surface area contributed by atoms with E-state index in [9.17, 15) is 9.59 Å². The van der Waals surface area contributed by atoms with Crippen molar-refractivity contribution < 1.29 is 9.53 Å². The van der Waals surface area contributed by atoms with Crippen LogP contribution in [0, 0.1) is 0 Å². The van der Waals surface area contributed by atoms with Gasteiger partial charge in [0.1, 0.15) is 11.1 Å². The quantitative estimate of drug-likeness (QED) is 0.768. The third-order valence-corrected chi connectivity index (χ3v) is 4.97. The lowest BCUT2D eigenvalue weighted by Gasteiger charge is -2.07. The second-order valence-electron chi connectivity index (χ2n) is 5.72. The maximum atomic E-state index is 12.6. The number of hydrogen-bond donors (Lipinski definition) is 1. The molecular weight excluding hydrogens is 342 g/mol. The highest BCUT2D eigenvalue weighted by atomic mass is 32.1. The van der Waals surface area contributed by atoms with Crippen LogP contribution in [0.3, 0.4) is 0 Å². The van der Waals surface area contributed by atoms with E-state index in [0.717, 1.165) is 29.1 Å². The predicted molar refractivity (Wildman–Crippen MR) is 92.8 cm³/mol. The van der Waals surface area contributed by atoms with Crippen LogP contribution in [-0.4, -0.2) is 32.5 Å². The van der Waals surface area contributed by atoms with Crippen LogP contribution in [0.25, 0.3) is 10.8 Å². The molecule has 0 aliphatic carbocycles. The van der Waals surface area contributed by atoms with Crippen molar-refractivity contribution in [2.45, 2.75) is 18.9 Å². The third kappa shape index (κ3) is 2.92. The van der Waals surface area contributed by atoms with Crippen LogP contribution in [0.4, 0.5) is 5.13 Å². The van der Waals surface area contributed by atoms with E-state index in [1.54, 1.807) is 24.3 Å². The standard InChI is InChI=1S/C16H15N5O3S/c1-21-15(23)10-6-3-2-5-9(10)12(20-21)13(22)17-16-19-18-14(25-16)11-7-4-8-24-11/h2-3,5-6,11H,4,7-8H2,1H3,(H,17,19,22)/t11-/m0/s1. The number of rotatable bonds is 3. The molecule has 2 aromatic heterocycles. The van der Waals surface area contributed by atoms with Gasteiger partial charge in [-0.15, -0.1) is 10.2 Å². The summed E-state index contributed by atoms with van der Waals surface area (Å²) < 4.78 is 6.74. The van der Waals surface area contributed by atoms with Crippen LogP contribution < -0.4 is 10.9 Å². The molecule has 1 N–H and O–H groups in total. The summed E-state index contributed by atoms with van der Waals surface area (Å²) in [4.78, 5) is 24.8. The van der Waals surface area contributed by atoms with E-state index in [2.05, 4.69) is 20.6 Å². The zero-order valence-electron chi connectivity index (χ0n) is 13.4. The molecule has 4 rings (SSSR count). The van der Waals surface area contributed by atoms with Gasteiger partial charge in [0.05, 0.1) is 5.39 Å². The largest absolute Gasteiger partial charge is 0.371 e. The van der Waals surface area contributed by atoms with E-state index in [-0.39, 0.29) is 17.4 Å². The van der Waals surface area contributed by atoms with Gasteiger partial charge in [0, 0.05) is 19.0 Å². The summed E-state index contributed by atoms with van der Waals surface area (Å²) in [6.45, 7) is 0.722. The highest BCUT2D eigenvalue weighted by Gasteiger charge is 2.23. The average molecular weight is 357 g/mol. The van der Waals surface area contributed by atoms with E-state index >= 15 is 0 Å². The van der Waals surface area contributed by atoms with Crippen LogP contribution >= 0.6 is 11.3 Å². The molecule has 128 valence electrons. The number of benzene rings is 1. The maximum Gasteiger partial charge on any atom is 0.278 e. The van der Waals surface area contributed by atoms with Crippen molar-refractivity contribution in [3.63, 3.8) is 0 Å². The van der Waals surface area contributed by atoms with Crippen LogP contribution in [0.5, 0.6) is 0 Å². The molecule has 25 heavy (non-hydrogen) atoms. The maximum absolute atomic E-state index is 12.6. The molecule has 0 radical (unpaired) electrons. The molecule has 0 bridgehead atoms. The van der Waals surface area contributed by atoms with E-state index < -0.39 is 5.91 Å². The summed E-state index contributed by atoms with van der Waals surface area (Å²) in [7, 11) is 1.52. The summed E-state index contributed by atoms with van der Waals surface area (Å²) in [5.41, 5.74) is -0.0738. The van der Waals surface area contributed by atoms with Gasteiger partial charge in [-0.2, -0.15) is 5.10 Å². The van der Waals surface area contributed by atoms with Gasteiger partial charge in [0.2, 0.25) is 5.13 Å². The number of carbonyl (C=O) groups is 1. The molecule has 1 saturated heterocycles. The number of fused-ring (bicyclic) bond motifs is 1. The molecule has 0 saturated carbocycles.